The highest BCUT2D eigenvalue weighted by Gasteiger charge is 2.13. The maximum absolute atomic E-state index is 12.9. The van der Waals surface area contributed by atoms with Gasteiger partial charge in [0, 0.05) is 18.0 Å². The molecule has 0 saturated carbocycles. The molecule has 0 atom stereocenters. The van der Waals surface area contributed by atoms with E-state index in [2.05, 4.69) is 29.4 Å². The van der Waals surface area contributed by atoms with Gasteiger partial charge in [0.05, 0.1) is 14.2 Å². The lowest BCUT2D eigenvalue weighted by Crippen LogP contribution is -2.26. The number of aromatic nitrogens is 3. The van der Waals surface area contributed by atoms with Crippen LogP contribution in [0.3, 0.4) is 0 Å². The third kappa shape index (κ3) is 5.38. The van der Waals surface area contributed by atoms with Crippen LogP contribution in [0.1, 0.15) is 37.8 Å². The smallest absolute Gasteiger partial charge is 0.297 e. The van der Waals surface area contributed by atoms with Gasteiger partial charge in [0.25, 0.3) is 5.56 Å². The van der Waals surface area contributed by atoms with Crippen LogP contribution >= 0.6 is 11.8 Å². The molecule has 1 heterocycles. The zero-order chi connectivity index (χ0) is 22.4. The number of rotatable bonds is 9. The molecule has 3 rings (SSSR count). The Morgan fingerprint density at radius 1 is 1.03 bits per heavy atom. The Morgan fingerprint density at radius 3 is 2.35 bits per heavy atom. The van der Waals surface area contributed by atoms with E-state index in [1.165, 1.54) is 17.3 Å². The first-order valence-electron chi connectivity index (χ1n) is 10.1. The van der Waals surface area contributed by atoms with Crippen LogP contribution in [0.5, 0.6) is 11.5 Å². The molecule has 8 heteroatoms. The van der Waals surface area contributed by atoms with Gasteiger partial charge in [-0.25, -0.2) is 0 Å². The highest BCUT2D eigenvalue weighted by atomic mass is 32.2. The van der Waals surface area contributed by atoms with Crippen LogP contribution in [0.2, 0.25) is 0 Å². The minimum Gasteiger partial charge on any atom is -0.493 e. The summed E-state index contributed by atoms with van der Waals surface area (Å²) < 4.78 is 12.3. The monoisotopic (exact) mass is 440 g/mol. The minimum absolute atomic E-state index is 0.194. The van der Waals surface area contributed by atoms with Crippen LogP contribution in [0.15, 0.2) is 52.4 Å². The average molecular weight is 441 g/mol. The average Bonchev–Trinajstić information content (AvgIpc) is 2.79. The van der Waals surface area contributed by atoms with E-state index < -0.39 is 0 Å². The summed E-state index contributed by atoms with van der Waals surface area (Å²) in [5.41, 5.74) is 2.89. The predicted molar refractivity (Wildman–Crippen MR) is 125 cm³/mol. The van der Waals surface area contributed by atoms with Gasteiger partial charge in [0.1, 0.15) is 0 Å². The summed E-state index contributed by atoms with van der Waals surface area (Å²) in [5, 5.41) is 12.1. The molecule has 0 fully saturated rings. The molecule has 0 bridgehead atoms. The third-order valence-electron chi connectivity index (χ3n) is 4.89. The van der Waals surface area contributed by atoms with E-state index in [-0.39, 0.29) is 11.4 Å². The second-order valence-corrected chi connectivity index (χ2v) is 8.20. The van der Waals surface area contributed by atoms with Crippen LogP contribution in [0, 0.1) is 0 Å². The van der Waals surface area contributed by atoms with Crippen molar-refractivity contribution in [3.05, 3.63) is 63.9 Å². The van der Waals surface area contributed by atoms with E-state index in [9.17, 15) is 4.79 Å². The van der Waals surface area contributed by atoms with Crippen molar-refractivity contribution >= 4 is 23.3 Å². The Hall–Kier alpha value is -3.00. The summed E-state index contributed by atoms with van der Waals surface area (Å²) in [6.07, 6.45) is 0. The number of methoxy groups -OCH3 is 2. The number of benzene rings is 2. The van der Waals surface area contributed by atoms with Gasteiger partial charge in [0.15, 0.2) is 16.7 Å². The van der Waals surface area contributed by atoms with Gasteiger partial charge in [-0.15, -0.1) is 10.2 Å². The zero-order valence-electron chi connectivity index (χ0n) is 18.5. The van der Waals surface area contributed by atoms with E-state index in [1.54, 1.807) is 18.8 Å². The quantitative estimate of drug-likeness (QED) is 0.477. The summed E-state index contributed by atoms with van der Waals surface area (Å²) in [5.74, 6) is 2.64. The molecule has 7 nitrogen and oxygen atoms in total. The Labute approximate surface area is 186 Å². The molecule has 0 amide bonds. The lowest BCUT2D eigenvalue weighted by molar-refractivity contribution is 0.354. The minimum atomic E-state index is -0.194. The van der Waals surface area contributed by atoms with Crippen LogP contribution in [0.4, 0.5) is 11.5 Å². The lowest BCUT2D eigenvalue weighted by atomic mass is 10.0. The molecule has 0 radical (unpaired) electrons. The first-order valence-corrected chi connectivity index (χ1v) is 11.1. The number of anilines is 2. The van der Waals surface area contributed by atoms with Crippen molar-refractivity contribution in [2.45, 2.75) is 44.1 Å². The Bertz CT molecular complexity index is 1080. The van der Waals surface area contributed by atoms with Crippen molar-refractivity contribution in [1.29, 1.82) is 0 Å². The lowest BCUT2D eigenvalue weighted by Gasteiger charge is -2.13. The van der Waals surface area contributed by atoms with E-state index in [0.29, 0.717) is 34.9 Å². The molecule has 0 saturated heterocycles. The Morgan fingerprint density at radius 2 is 1.74 bits per heavy atom. The molecule has 31 heavy (non-hydrogen) atoms. The van der Waals surface area contributed by atoms with Gasteiger partial charge >= 0.3 is 0 Å². The van der Waals surface area contributed by atoms with Gasteiger partial charge in [-0.05, 0) is 48.2 Å². The van der Waals surface area contributed by atoms with Crippen molar-refractivity contribution in [3.63, 3.8) is 0 Å². The molecular weight excluding hydrogens is 412 g/mol. The topological polar surface area (TPSA) is 78.3 Å². The number of thioether (sulfide) groups is 1. The molecule has 0 aliphatic heterocycles. The van der Waals surface area contributed by atoms with Gasteiger partial charge in [-0.2, -0.15) is 0 Å². The fourth-order valence-corrected chi connectivity index (χ4v) is 4.02. The molecule has 3 aromatic rings. The highest BCUT2D eigenvalue weighted by Crippen LogP contribution is 2.30. The number of hydrogen-bond donors (Lipinski definition) is 1. The van der Waals surface area contributed by atoms with Gasteiger partial charge < -0.3 is 14.8 Å². The van der Waals surface area contributed by atoms with Gasteiger partial charge in [-0.3, -0.25) is 9.36 Å². The second kappa shape index (κ2) is 10.3. The van der Waals surface area contributed by atoms with Crippen molar-refractivity contribution < 1.29 is 9.47 Å². The van der Waals surface area contributed by atoms with E-state index >= 15 is 0 Å². The SMILES string of the molecule is CCn1c(SCc2ccc(OC)c(OC)c2)nnc(Nc2ccc(C(C)C)cc2)c1=O. The number of nitrogens with zero attached hydrogens (tertiary/aromatic N) is 3. The molecule has 1 aromatic heterocycles. The molecule has 0 spiro atoms. The van der Waals surface area contributed by atoms with Crippen molar-refractivity contribution in [2.75, 3.05) is 19.5 Å². The van der Waals surface area contributed by atoms with Crippen molar-refractivity contribution in [2.24, 2.45) is 0 Å². The maximum Gasteiger partial charge on any atom is 0.297 e. The maximum atomic E-state index is 12.9. The van der Waals surface area contributed by atoms with E-state index in [0.717, 1.165) is 11.3 Å². The Balaban J connectivity index is 1.77. The van der Waals surface area contributed by atoms with Crippen LogP contribution in [-0.4, -0.2) is 29.0 Å². The first-order chi connectivity index (χ1) is 15.0. The summed E-state index contributed by atoms with van der Waals surface area (Å²) in [6, 6.07) is 13.7. The van der Waals surface area contributed by atoms with Crippen LogP contribution < -0.4 is 20.3 Å². The number of ether oxygens (including phenoxy) is 2. The fraction of sp³-hybridized carbons (Fsp3) is 0.348. The molecule has 164 valence electrons. The molecule has 1 N–H and O–H groups in total. The fourth-order valence-electron chi connectivity index (χ4n) is 3.07. The number of hydrogen-bond acceptors (Lipinski definition) is 7. The second-order valence-electron chi connectivity index (χ2n) is 7.26. The van der Waals surface area contributed by atoms with E-state index in [4.69, 9.17) is 9.47 Å². The highest BCUT2D eigenvalue weighted by molar-refractivity contribution is 7.98. The van der Waals surface area contributed by atoms with Gasteiger partial charge in [-0.1, -0.05) is 43.8 Å². The van der Waals surface area contributed by atoms with Crippen LogP contribution in [0.25, 0.3) is 0 Å². The summed E-state index contributed by atoms with van der Waals surface area (Å²) >= 11 is 1.46. The van der Waals surface area contributed by atoms with Crippen molar-refractivity contribution in [1.82, 2.24) is 14.8 Å². The molecule has 0 unspecified atom stereocenters. The summed E-state index contributed by atoms with van der Waals surface area (Å²) in [4.78, 5) is 12.9. The Kier molecular flexibility index (Phi) is 7.57. The standard InChI is InChI=1S/C23H28N4O3S/c1-6-27-22(28)21(24-18-10-8-17(9-11-18)15(2)3)25-26-23(27)31-14-16-7-12-19(29-4)20(13-16)30-5/h7-13,15H,6,14H2,1-5H3,(H,24,25). The summed E-state index contributed by atoms with van der Waals surface area (Å²) in [6.45, 7) is 6.72. The van der Waals surface area contributed by atoms with Crippen molar-refractivity contribution in [3.8, 4) is 11.5 Å². The largest absolute Gasteiger partial charge is 0.493 e. The summed E-state index contributed by atoms with van der Waals surface area (Å²) in [7, 11) is 3.22. The number of nitrogens with one attached hydrogen (secondary N) is 1. The normalized spacial score (nSPS) is 10.9. The zero-order valence-corrected chi connectivity index (χ0v) is 19.3. The predicted octanol–water partition coefficient (Wildman–Crippen LogP) is 4.83. The first kappa shape index (κ1) is 22.7. The van der Waals surface area contributed by atoms with Gasteiger partial charge in [0.2, 0.25) is 5.82 Å². The third-order valence-corrected chi connectivity index (χ3v) is 5.92. The van der Waals surface area contributed by atoms with Crippen LogP contribution in [-0.2, 0) is 12.3 Å². The molecular formula is C23H28N4O3S. The molecule has 0 aliphatic carbocycles. The molecule has 0 aliphatic rings. The molecule has 2 aromatic carbocycles. The van der Waals surface area contributed by atoms with E-state index in [1.807, 2.05) is 49.4 Å².